The fourth-order valence-electron chi connectivity index (χ4n) is 0.895. The van der Waals surface area contributed by atoms with Crippen LogP contribution in [0.15, 0.2) is 0 Å². The summed E-state index contributed by atoms with van der Waals surface area (Å²) in [4.78, 5) is 11.1. The Bertz CT molecular complexity index is 186. The highest BCUT2D eigenvalue weighted by molar-refractivity contribution is 5.67. The molecule has 0 spiro atoms. The highest BCUT2D eigenvalue weighted by atomic mass is 16.5. The summed E-state index contributed by atoms with van der Waals surface area (Å²) in [5.41, 5.74) is 0.0868. The molecule has 0 aliphatic carbocycles. The maximum atomic E-state index is 11.1. The van der Waals surface area contributed by atoms with Gasteiger partial charge in [-0.3, -0.25) is 0 Å². The van der Waals surface area contributed by atoms with Crippen molar-refractivity contribution in [3.8, 4) is 0 Å². The molecule has 0 aromatic heterocycles. The van der Waals surface area contributed by atoms with Crippen LogP contribution in [0.5, 0.6) is 0 Å². The van der Waals surface area contributed by atoms with E-state index in [0.29, 0.717) is 19.1 Å². The molecule has 0 heterocycles. The van der Waals surface area contributed by atoms with Gasteiger partial charge in [0.1, 0.15) is 0 Å². The Morgan fingerprint density at radius 3 is 2.33 bits per heavy atom. The Kier molecular flexibility index (Phi) is 6.32. The van der Waals surface area contributed by atoms with Crippen molar-refractivity contribution in [2.45, 2.75) is 40.2 Å². The van der Waals surface area contributed by atoms with E-state index in [0.717, 1.165) is 6.54 Å². The second-order valence-electron chi connectivity index (χ2n) is 5.10. The molecule has 0 saturated heterocycles. The zero-order valence-corrected chi connectivity index (χ0v) is 10.5. The van der Waals surface area contributed by atoms with Gasteiger partial charge in [0, 0.05) is 18.6 Å². The van der Waals surface area contributed by atoms with Crippen LogP contribution in [0.2, 0.25) is 0 Å². The maximum absolute atomic E-state index is 11.1. The van der Waals surface area contributed by atoms with Gasteiger partial charge in [-0.2, -0.15) is 0 Å². The van der Waals surface area contributed by atoms with Crippen LogP contribution in [0, 0.1) is 5.92 Å². The number of nitrogens with one attached hydrogen (secondary N) is 2. The number of amides is 1. The molecule has 0 atom stereocenters. The number of hydrogen-bond acceptors (Lipinski definition) is 3. The Balaban J connectivity index is 3.40. The third kappa shape index (κ3) is 11.2. The van der Waals surface area contributed by atoms with Crippen molar-refractivity contribution in [1.82, 2.24) is 10.6 Å². The Labute approximate surface area is 92.8 Å². The van der Waals surface area contributed by atoms with Crippen molar-refractivity contribution < 1.29 is 9.53 Å². The van der Waals surface area contributed by atoms with E-state index in [9.17, 15) is 4.79 Å². The minimum absolute atomic E-state index is 0.0868. The van der Waals surface area contributed by atoms with Crippen LogP contribution in [0.25, 0.3) is 0 Å². The molecule has 90 valence electrons. The highest BCUT2D eigenvalue weighted by Crippen LogP contribution is 1.96. The van der Waals surface area contributed by atoms with Gasteiger partial charge in [-0.25, -0.2) is 4.79 Å². The summed E-state index contributed by atoms with van der Waals surface area (Å²) in [6.45, 7) is 12.1. The number of carbonyl (C=O) groups excluding carboxylic acids is 1. The lowest BCUT2D eigenvalue weighted by molar-refractivity contribution is 0.133. The second-order valence-corrected chi connectivity index (χ2v) is 5.10. The van der Waals surface area contributed by atoms with Gasteiger partial charge in [-0.15, -0.1) is 0 Å². The van der Waals surface area contributed by atoms with E-state index in [-0.39, 0.29) is 11.6 Å². The van der Waals surface area contributed by atoms with Crippen molar-refractivity contribution in [2.24, 2.45) is 5.92 Å². The van der Waals surface area contributed by atoms with Gasteiger partial charge in [0.05, 0.1) is 6.61 Å². The van der Waals surface area contributed by atoms with Crippen molar-refractivity contribution in [2.75, 3.05) is 19.7 Å². The summed E-state index contributed by atoms with van der Waals surface area (Å²) in [5.74, 6) is 0.378. The topological polar surface area (TPSA) is 50.4 Å². The molecule has 0 bridgehead atoms. The van der Waals surface area contributed by atoms with Crippen molar-refractivity contribution in [1.29, 1.82) is 0 Å². The zero-order valence-electron chi connectivity index (χ0n) is 10.5. The van der Waals surface area contributed by atoms with Crippen LogP contribution in [0.3, 0.4) is 0 Å². The molecule has 2 N–H and O–H groups in total. The summed E-state index contributed by atoms with van der Waals surface area (Å²) in [7, 11) is 0. The molecule has 0 unspecified atom stereocenters. The van der Waals surface area contributed by atoms with E-state index >= 15 is 0 Å². The van der Waals surface area contributed by atoms with E-state index in [4.69, 9.17) is 4.74 Å². The fraction of sp³-hybridized carbons (Fsp3) is 0.909. The largest absolute Gasteiger partial charge is 0.449 e. The smallest absolute Gasteiger partial charge is 0.407 e. The van der Waals surface area contributed by atoms with Crippen molar-refractivity contribution in [3.63, 3.8) is 0 Å². The molecule has 0 aromatic rings. The predicted octanol–water partition coefficient (Wildman–Crippen LogP) is 1.76. The molecular formula is C11H24N2O2. The highest BCUT2D eigenvalue weighted by Gasteiger charge is 2.08. The van der Waals surface area contributed by atoms with E-state index in [1.807, 2.05) is 13.8 Å². The van der Waals surface area contributed by atoms with Gasteiger partial charge in [0.2, 0.25) is 0 Å². The van der Waals surface area contributed by atoms with Gasteiger partial charge in [0.15, 0.2) is 0 Å². The molecule has 0 radical (unpaired) electrons. The molecule has 4 nitrogen and oxygen atoms in total. The first-order valence-electron chi connectivity index (χ1n) is 5.47. The van der Waals surface area contributed by atoms with Crippen molar-refractivity contribution in [3.05, 3.63) is 0 Å². The first-order chi connectivity index (χ1) is 6.81. The molecule has 4 heteroatoms. The lowest BCUT2D eigenvalue weighted by atomic mass is 10.1. The number of ether oxygens (including phenoxy) is 1. The van der Waals surface area contributed by atoms with Gasteiger partial charge in [-0.05, 0) is 26.7 Å². The maximum Gasteiger partial charge on any atom is 0.407 e. The van der Waals surface area contributed by atoms with Crippen LogP contribution in [0.4, 0.5) is 4.79 Å². The Morgan fingerprint density at radius 2 is 1.87 bits per heavy atom. The number of rotatable bonds is 5. The Morgan fingerprint density at radius 1 is 1.27 bits per heavy atom. The summed E-state index contributed by atoms with van der Waals surface area (Å²) in [6.07, 6.45) is -0.334. The molecule has 0 aliphatic heterocycles. The SMILES string of the molecule is CC(C)COC(=O)NCCNC(C)(C)C. The normalized spacial score (nSPS) is 11.6. The molecule has 1 amide bonds. The molecule has 0 saturated carbocycles. The molecular weight excluding hydrogens is 192 g/mol. The predicted molar refractivity (Wildman–Crippen MR) is 61.9 cm³/mol. The van der Waals surface area contributed by atoms with E-state index in [1.165, 1.54) is 0 Å². The lowest BCUT2D eigenvalue weighted by Crippen LogP contribution is -2.41. The number of carbonyl (C=O) groups is 1. The fourth-order valence-corrected chi connectivity index (χ4v) is 0.895. The summed E-state index contributed by atoms with van der Waals surface area (Å²) in [6, 6.07) is 0. The van der Waals surface area contributed by atoms with Gasteiger partial charge < -0.3 is 15.4 Å². The molecule has 15 heavy (non-hydrogen) atoms. The van der Waals surface area contributed by atoms with E-state index in [2.05, 4.69) is 31.4 Å². The average molecular weight is 216 g/mol. The molecule has 0 rings (SSSR count). The minimum atomic E-state index is -0.334. The first-order valence-corrected chi connectivity index (χ1v) is 5.47. The van der Waals surface area contributed by atoms with Crippen LogP contribution in [0.1, 0.15) is 34.6 Å². The average Bonchev–Trinajstić information content (AvgIpc) is 2.07. The van der Waals surface area contributed by atoms with Crippen LogP contribution in [-0.4, -0.2) is 31.3 Å². The van der Waals surface area contributed by atoms with Crippen LogP contribution in [-0.2, 0) is 4.74 Å². The monoisotopic (exact) mass is 216 g/mol. The zero-order chi connectivity index (χ0) is 11.9. The third-order valence-corrected chi connectivity index (χ3v) is 1.60. The van der Waals surface area contributed by atoms with Gasteiger partial charge in [-0.1, -0.05) is 13.8 Å². The third-order valence-electron chi connectivity index (χ3n) is 1.60. The van der Waals surface area contributed by atoms with E-state index in [1.54, 1.807) is 0 Å². The van der Waals surface area contributed by atoms with Gasteiger partial charge in [0.25, 0.3) is 0 Å². The summed E-state index contributed by atoms with van der Waals surface area (Å²) in [5, 5.41) is 5.96. The first kappa shape index (κ1) is 14.2. The van der Waals surface area contributed by atoms with Crippen molar-refractivity contribution >= 4 is 6.09 Å². The minimum Gasteiger partial charge on any atom is -0.449 e. The molecule has 0 fully saturated rings. The summed E-state index contributed by atoms with van der Waals surface area (Å²) >= 11 is 0. The number of alkyl carbamates (subject to hydrolysis) is 1. The quantitative estimate of drug-likeness (QED) is 0.688. The summed E-state index contributed by atoms with van der Waals surface area (Å²) < 4.78 is 4.96. The number of hydrogen-bond donors (Lipinski definition) is 2. The van der Waals surface area contributed by atoms with Gasteiger partial charge >= 0.3 is 6.09 Å². The second kappa shape index (κ2) is 6.67. The Hall–Kier alpha value is -0.770. The molecule has 0 aliphatic rings. The van der Waals surface area contributed by atoms with Crippen LogP contribution >= 0.6 is 0 Å². The van der Waals surface area contributed by atoms with Crippen LogP contribution < -0.4 is 10.6 Å². The standard InChI is InChI=1S/C11H24N2O2/c1-9(2)8-15-10(14)12-6-7-13-11(3,4)5/h9,13H,6-8H2,1-5H3,(H,12,14). The lowest BCUT2D eigenvalue weighted by Gasteiger charge is -2.20. The molecule has 0 aromatic carbocycles. The van der Waals surface area contributed by atoms with E-state index < -0.39 is 0 Å².